The van der Waals surface area contributed by atoms with Crippen LogP contribution < -0.4 is 10.1 Å². The third-order valence-corrected chi connectivity index (χ3v) is 5.41. The number of fused-ring (bicyclic) bond motifs is 1. The first-order chi connectivity index (χ1) is 13.6. The molecule has 1 atom stereocenters. The zero-order valence-corrected chi connectivity index (χ0v) is 16.0. The van der Waals surface area contributed by atoms with E-state index in [2.05, 4.69) is 27.5 Å². The van der Waals surface area contributed by atoms with Gasteiger partial charge in [-0.3, -0.25) is 4.79 Å². The number of anilines is 1. The molecular formula is C20H23N5O3. The summed E-state index contributed by atoms with van der Waals surface area (Å²) >= 11 is 0. The van der Waals surface area contributed by atoms with Crippen LogP contribution in [-0.2, 0) is 4.79 Å². The summed E-state index contributed by atoms with van der Waals surface area (Å²) in [5.74, 6) is 2.02. The van der Waals surface area contributed by atoms with Gasteiger partial charge in [-0.25, -0.2) is 4.52 Å². The summed E-state index contributed by atoms with van der Waals surface area (Å²) in [7, 11) is 2.09. The second-order valence-corrected chi connectivity index (χ2v) is 7.79. The van der Waals surface area contributed by atoms with Gasteiger partial charge in [0.1, 0.15) is 11.9 Å². The SMILES string of the molecule is Cc1onc(O[C@H]2CCN(C)C2)c1-c1ccn2nc(NC(=O)C3CC3)cc2c1. The van der Waals surface area contributed by atoms with Gasteiger partial charge in [0.25, 0.3) is 5.88 Å². The molecule has 1 amide bonds. The fourth-order valence-corrected chi connectivity index (χ4v) is 3.69. The first-order valence-corrected chi connectivity index (χ1v) is 9.69. The maximum Gasteiger partial charge on any atom is 0.262 e. The molecule has 8 nitrogen and oxygen atoms in total. The number of hydrogen-bond donors (Lipinski definition) is 1. The Bertz CT molecular complexity index is 1040. The Hall–Kier alpha value is -2.87. The van der Waals surface area contributed by atoms with Crippen LogP contribution in [0.25, 0.3) is 16.6 Å². The largest absolute Gasteiger partial charge is 0.470 e. The number of carbonyl (C=O) groups excluding carboxylic acids is 1. The molecule has 0 aromatic carbocycles. The molecule has 28 heavy (non-hydrogen) atoms. The van der Waals surface area contributed by atoms with Gasteiger partial charge in [-0.1, -0.05) is 0 Å². The predicted octanol–water partition coefficient (Wildman–Crippen LogP) is 2.73. The van der Waals surface area contributed by atoms with E-state index in [1.165, 1.54) is 0 Å². The summed E-state index contributed by atoms with van der Waals surface area (Å²) in [6, 6.07) is 5.84. The molecule has 0 radical (unpaired) electrons. The maximum atomic E-state index is 12.0. The molecule has 0 spiro atoms. The van der Waals surface area contributed by atoms with E-state index in [0.29, 0.717) is 17.5 Å². The number of ether oxygens (including phenoxy) is 1. The van der Waals surface area contributed by atoms with Crippen LogP contribution in [0.2, 0.25) is 0 Å². The Kier molecular flexibility index (Phi) is 4.08. The number of likely N-dealkylation sites (N-methyl/N-ethyl adjacent to an activating group) is 1. The molecule has 2 fully saturated rings. The Labute approximate surface area is 162 Å². The van der Waals surface area contributed by atoms with Crippen molar-refractivity contribution in [3.05, 3.63) is 30.2 Å². The number of rotatable bonds is 5. The fourth-order valence-electron chi connectivity index (χ4n) is 3.69. The van der Waals surface area contributed by atoms with Crippen LogP contribution in [0.15, 0.2) is 28.9 Å². The lowest BCUT2D eigenvalue weighted by atomic mass is 10.1. The van der Waals surface area contributed by atoms with Gasteiger partial charge in [0.15, 0.2) is 5.82 Å². The molecule has 146 valence electrons. The van der Waals surface area contributed by atoms with Gasteiger partial charge in [0, 0.05) is 31.3 Å². The number of pyridine rings is 1. The molecular weight excluding hydrogens is 358 g/mol. The van der Waals surface area contributed by atoms with E-state index >= 15 is 0 Å². The van der Waals surface area contributed by atoms with Crippen LogP contribution in [0.5, 0.6) is 5.88 Å². The van der Waals surface area contributed by atoms with Gasteiger partial charge in [-0.05, 0) is 56.1 Å². The van der Waals surface area contributed by atoms with Crippen molar-refractivity contribution in [2.24, 2.45) is 5.92 Å². The summed E-state index contributed by atoms with van der Waals surface area (Å²) in [5, 5.41) is 11.5. The van der Waals surface area contributed by atoms with Gasteiger partial charge in [-0.2, -0.15) is 5.10 Å². The molecule has 0 unspecified atom stereocenters. The molecule has 8 heteroatoms. The highest BCUT2D eigenvalue weighted by molar-refractivity contribution is 5.93. The quantitative estimate of drug-likeness (QED) is 0.731. The third kappa shape index (κ3) is 3.24. The first kappa shape index (κ1) is 17.2. The van der Waals surface area contributed by atoms with E-state index in [1.54, 1.807) is 4.52 Å². The van der Waals surface area contributed by atoms with Gasteiger partial charge in [0.2, 0.25) is 5.91 Å². The molecule has 5 rings (SSSR count). The average Bonchev–Trinajstić information content (AvgIpc) is 3.19. The van der Waals surface area contributed by atoms with Crippen LogP contribution in [0.3, 0.4) is 0 Å². The molecule has 1 N–H and O–H groups in total. The van der Waals surface area contributed by atoms with Crippen molar-refractivity contribution < 1.29 is 14.1 Å². The van der Waals surface area contributed by atoms with Crippen molar-refractivity contribution in [1.82, 2.24) is 19.7 Å². The summed E-state index contributed by atoms with van der Waals surface area (Å²) in [6.45, 7) is 3.79. The molecule has 2 aliphatic rings. The molecule has 3 aromatic rings. The molecule has 3 aromatic heterocycles. The molecule has 1 saturated carbocycles. The van der Waals surface area contributed by atoms with E-state index in [1.807, 2.05) is 31.3 Å². The van der Waals surface area contributed by atoms with E-state index < -0.39 is 0 Å². The van der Waals surface area contributed by atoms with Crippen molar-refractivity contribution in [3.8, 4) is 17.0 Å². The summed E-state index contributed by atoms with van der Waals surface area (Å²) in [6.07, 6.45) is 4.91. The number of amides is 1. The standard InChI is InChI=1S/C20H23N5O3/c1-12-18(20(23-28-12)27-16-6-7-24(2)11-16)14-5-8-25-15(9-14)10-17(22-25)21-19(26)13-3-4-13/h5,8-10,13,16H,3-4,6-7,11H2,1-2H3,(H,21,22,26)/t16-/m0/s1. The lowest BCUT2D eigenvalue weighted by Gasteiger charge is -2.12. The Balaban J connectivity index is 1.42. The Morgan fingerprint density at radius 1 is 1.32 bits per heavy atom. The summed E-state index contributed by atoms with van der Waals surface area (Å²) in [5.41, 5.74) is 2.70. The third-order valence-electron chi connectivity index (χ3n) is 5.41. The minimum atomic E-state index is 0.0516. The van der Waals surface area contributed by atoms with Crippen LogP contribution in [-0.4, -0.2) is 51.8 Å². The number of hydrogen-bond acceptors (Lipinski definition) is 6. The fraction of sp³-hybridized carbons (Fsp3) is 0.450. The van der Waals surface area contributed by atoms with Crippen molar-refractivity contribution in [3.63, 3.8) is 0 Å². The zero-order valence-electron chi connectivity index (χ0n) is 16.0. The minimum absolute atomic E-state index is 0.0516. The van der Waals surface area contributed by atoms with Crippen LogP contribution >= 0.6 is 0 Å². The normalized spacial score (nSPS) is 20.0. The van der Waals surface area contributed by atoms with Crippen LogP contribution in [0.4, 0.5) is 5.82 Å². The number of nitrogens with zero attached hydrogens (tertiary/aromatic N) is 4. The van der Waals surface area contributed by atoms with Gasteiger partial charge < -0.3 is 19.5 Å². The van der Waals surface area contributed by atoms with E-state index in [9.17, 15) is 4.79 Å². The molecule has 1 saturated heterocycles. The monoisotopic (exact) mass is 381 g/mol. The van der Waals surface area contributed by atoms with Crippen molar-refractivity contribution in [1.29, 1.82) is 0 Å². The summed E-state index contributed by atoms with van der Waals surface area (Å²) in [4.78, 5) is 14.2. The topological polar surface area (TPSA) is 84.9 Å². The average molecular weight is 381 g/mol. The first-order valence-electron chi connectivity index (χ1n) is 9.69. The highest BCUT2D eigenvalue weighted by Gasteiger charge is 2.30. The van der Waals surface area contributed by atoms with Crippen molar-refractivity contribution in [2.75, 3.05) is 25.5 Å². The van der Waals surface area contributed by atoms with Crippen molar-refractivity contribution >= 4 is 17.2 Å². The van der Waals surface area contributed by atoms with E-state index in [0.717, 1.165) is 49.0 Å². The number of nitrogens with one attached hydrogen (secondary N) is 1. The van der Waals surface area contributed by atoms with Crippen molar-refractivity contribution in [2.45, 2.75) is 32.3 Å². The lowest BCUT2D eigenvalue weighted by Crippen LogP contribution is -2.21. The van der Waals surface area contributed by atoms with Gasteiger partial charge in [0.05, 0.1) is 11.1 Å². The Morgan fingerprint density at radius 2 is 2.18 bits per heavy atom. The number of carbonyl (C=O) groups is 1. The van der Waals surface area contributed by atoms with Crippen LogP contribution in [0, 0.1) is 12.8 Å². The molecule has 1 aliphatic carbocycles. The lowest BCUT2D eigenvalue weighted by molar-refractivity contribution is -0.117. The van der Waals surface area contributed by atoms with E-state index in [4.69, 9.17) is 9.26 Å². The molecule has 4 heterocycles. The van der Waals surface area contributed by atoms with Gasteiger partial charge in [-0.15, -0.1) is 0 Å². The van der Waals surface area contributed by atoms with Gasteiger partial charge >= 0.3 is 0 Å². The number of aryl methyl sites for hydroxylation is 1. The summed E-state index contributed by atoms with van der Waals surface area (Å²) < 4.78 is 13.3. The molecule has 0 bridgehead atoms. The van der Waals surface area contributed by atoms with Crippen LogP contribution in [0.1, 0.15) is 25.0 Å². The second-order valence-electron chi connectivity index (χ2n) is 7.79. The smallest absolute Gasteiger partial charge is 0.262 e. The highest BCUT2D eigenvalue weighted by Crippen LogP contribution is 2.35. The number of likely N-dealkylation sites (tertiary alicyclic amines) is 1. The predicted molar refractivity (Wildman–Crippen MR) is 103 cm³/mol. The zero-order chi connectivity index (χ0) is 19.3. The van der Waals surface area contributed by atoms with E-state index in [-0.39, 0.29) is 17.9 Å². The highest BCUT2D eigenvalue weighted by atomic mass is 16.5. The second kappa shape index (κ2) is 6.63. The minimum Gasteiger partial charge on any atom is -0.470 e. The Morgan fingerprint density at radius 3 is 2.93 bits per heavy atom. The maximum absolute atomic E-state index is 12.0. The number of aromatic nitrogens is 3. The molecule has 1 aliphatic heterocycles.